The third-order valence-corrected chi connectivity index (χ3v) is 4.98. The molecule has 0 atom stereocenters. The summed E-state index contributed by atoms with van der Waals surface area (Å²) in [7, 11) is 0. The summed E-state index contributed by atoms with van der Waals surface area (Å²) in [6.45, 7) is 0.820. The van der Waals surface area contributed by atoms with E-state index in [1.54, 1.807) is 12.1 Å². The van der Waals surface area contributed by atoms with Crippen molar-refractivity contribution in [1.82, 2.24) is 14.9 Å². The Hall–Kier alpha value is -2.99. The van der Waals surface area contributed by atoms with Gasteiger partial charge in [0.25, 0.3) is 5.91 Å². The van der Waals surface area contributed by atoms with Crippen LogP contribution in [-0.2, 0) is 13.1 Å². The van der Waals surface area contributed by atoms with Crippen LogP contribution in [0.15, 0.2) is 77.3 Å². The zero-order chi connectivity index (χ0) is 19.5. The number of nitrogens with zero attached hydrogens (tertiary/aromatic N) is 2. The monoisotopic (exact) mass is 437 g/mol. The molecule has 4 aromatic rings. The number of nitrogens with one attached hydrogen (secondary N) is 1. The van der Waals surface area contributed by atoms with Crippen molar-refractivity contribution in [3.63, 3.8) is 0 Å². The summed E-state index contributed by atoms with van der Waals surface area (Å²) < 4.78 is 16.9. The van der Waals surface area contributed by atoms with E-state index < -0.39 is 11.7 Å². The van der Waals surface area contributed by atoms with Crippen molar-refractivity contribution in [3.8, 4) is 0 Å². The first-order valence-corrected chi connectivity index (χ1v) is 9.62. The molecule has 0 unspecified atom stereocenters. The minimum absolute atomic E-state index is 0.0251. The quantitative estimate of drug-likeness (QED) is 0.481. The lowest BCUT2D eigenvalue weighted by atomic mass is 10.2. The molecule has 1 aromatic heterocycles. The Morgan fingerprint density at radius 1 is 1.04 bits per heavy atom. The highest BCUT2D eigenvalue weighted by atomic mass is 79.9. The molecular formula is C22H17BrFN3O. The van der Waals surface area contributed by atoms with Crippen LogP contribution >= 0.6 is 15.9 Å². The standard InChI is InChI=1S/C22H17BrFN3O/c23-16-7-5-6-15(12-16)14-27-20-11-4-3-10-19(20)26-21(27)13-25-22(28)17-8-1-2-9-18(17)24/h1-12H,13-14H2,(H,25,28). The average molecular weight is 438 g/mol. The number of benzene rings is 3. The average Bonchev–Trinajstić information content (AvgIpc) is 3.04. The maximum absolute atomic E-state index is 13.9. The summed E-state index contributed by atoms with van der Waals surface area (Å²) in [4.78, 5) is 17.0. The molecule has 0 bridgehead atoms. The van der Waals surface area contributed by atoms with Crippen molar-refractivity contribution >= 4 is 32.9 Å². The van der Waals surface area contributed by atoms with Crippen molar-refractivity contribution in [3.05, 3.63) is 100 Å². The van der Waals surface area contributed by atoms with E-state index in [1.165, 1.54) is 12.1 Å². The lowest BCUT2D eigenvalue weighted by molar-refractivity contribution is 0.0945. The van der Waals surface area contributed by atoms with Gasteiger partial charge in [-0.1, -0.05) is 52.3 Å². The molecule has 0 radical (unpaired) electrons. The third kappa shape index (κ3) is 3.82. The highest BCUT2D eigenvalue weighted by Gasteiger charge is 2.14. The van der Waals surface area contributed by atoms with Gasteiger partial charge in [0.2, 0.25) is 0 Å². The largest absolute Gasteiger partial charge is 0.345 e. The molecule has 0 fully saturated rings. The Bertz CT molecular complexity index is 1160. The fourth-order valence-corrected chi connectivity index (χ4v) is 3.60. The van der Waals surface area contributed by atoms with Gasteiger partial charge in [-0.3, -0.25) is 4.79 Å². The number of halogens is 2. The first kappa shape index (κ1) is 18.4. The summed E-state index contributed by atoms with van der Waals surface area (Å²) in [5, 5.41) is 2.78. The van der Waals surface area contributed by atoms with Crippen LogP contribution in [0, 0.1) is 5.82 Å². The van der Waals surface area contributed by atoms with Gasteiger partial charge in [-0.2, -0.15) is 0 Å². The van der Waals surface area contributed by atoms with E-state index in [2.05, 4.69) is 36.9 Å². The normalized spacial score (nSPS) is 10.9. The van der Waals surface area contributed by atoms with E-state index in [4.69, 9.17) is 0 Å². The summed E-state index contributed by atoms with van der Waals surface area (Å²) in [6.07, 6.45) is 0. The van der Waals surface area contributed by atoms with E-state index in [9.17, 15) is 9.18 Å². The molecule has 6 heteroatoms. The maximum atomic E-state index is 13.9. The molecule has 140 valence electrons. The van der Waals surface area contributed by atoms with Crippen LogP contribution in [0.4, 0.5) is 4.39 Å². The second-order valence-corrected chi connectivity index (χ2v) is 7.31. The lowest BCUT2D eigenvalue weighted by Crippen LogP contribution is -2.25. The van der Waals surface area contributed by atoms with E-state index >= 15 is 0 Å². The zero-order valence-corrected chi connectivity index (χ0v) is 16.5. The minimum atomic E-state index is -0.539. The molecule has 1 N–H and O–H groups in total. The number of fused-ring (bicyclic) bond motifs is 1. The van der Waals surface area contributed by atoms with E-state index in [1.807, 2.05) is 42.5 Å². The van der Waals surface area contributed by atoms with Crippen LogP contribution in [0.25, 0.3) is 11.0 Å². The van der Waals surface area contributed by atoms with Crippen LogP contribution in [0.2, 0.25) is 0 Å². The molecular weight excluding hydrogens is 421 g/mol. The molecule has 1 amide bonds. The Morgan fingerprint density at radius 3 is 2.64 bits per heavy atom. The van der Waals surface area contributed by atoms with Crippen LogP contribution in [0.5, 0.6) is 0 Å². The Balaban J connectivity index is 1.63. The van der Waals surface area contributed by atoms with Crippen molar-refractivity contribution < 1.29 is 9.18 Å². The van der Waals surface area contributed by atoms with Crippen molar-refractivity contribution in [1.29, 1.82) is 0 Å². The number of hydrogen-bond donors (Lipinski definition) is 1. The van der Waals surface area contributed by atoms with Crippen LogP contribution < -0.4 is 5.32 Å². The summed E-state index contributed by atoms with van der Waals surface area (Å²) in [6, 6.07) is 21.8. The Kier molecular flexibility index (Phi) is 5.21. The van der Waals surface area contributed by atoms with Crippen LogP contribution in [0.3, 0.4) is 0 Å². The van der Waals surface area contributed by atoms with Gasteiger partial charge >= 0.3 is 0 Å². The van der Waals surface area contributed by atoms with Gasteiger partial charge in [0.15, 0.2) is 0 Å². The molecule has 0 saturated carbocycles. The first-order chi connectivity index (χ1) is 13.6. The minimum Gasteiger partial charge on any atom is -0.345 e. The van der Waals surface area contributed by atoms with Crippen molar-refractivity contribution in [2.45, 2.75) is 13.1 Å². The second-order valence-electron chi connectivity index (χ2n) is 6.40. The Morgan fingerprint density at radius 2 is 1.82 bits per heavy atom. The van der Waals surface area contributed by atoms with E-state index in [0.29, 0.717) is 12.4 Å². The molecule has 3 aromatic carbocycles. The van der Waals surface area contributed by atoms with Crippen LogP contribution in [-0.4, -0.2) is 15.5 Å². The molecule has 28 heavy (non-hydrogen) atoms. The van der Waals surface area contributed by atoms with Gasteiger partial charge in [-0.25, -0.2) is 9.37 Å². The van der Waals surface area contributed by atoms with Gasteiger partial charge < -0.3 is 9.88 Å². The van der Waals surface area contributed by atoms with Gasteiger partial charge in [0, 0.05) is 11.0 Å². The fourth-order valence-electron chi connectivity index (χ4n) is 3.15. The molecule has 0 aliphatic carbocycles. The summed E-state index contributed by atoms with van der Waals surface area (Å²) in [5.74, 6) is -0.285. The smallest absolute Gasteiger partial charge is 0.254 e. The Labute approximate surface area is 170 Å². The highest BCUT2D eigenvalue weighted by molar-refractivity contribution is 9.10. The predicted molar refractivity (Wildman–Crippen MR) is 111 cm³/mol. The predicted octanol–water partition coefficient (Wildman–Crippen LogP) is 4.92. The van der Waals surface area contributed by atoms with E-state index in [-0.39, 0.29) is 12.1 Å². The molecule has 0 saturated heterocycles. The number of imidazole rings is 1. The molecule has 4 rings (SSSR count). The summed E-state index contributed by atoms with van der Waals surface area (Å²) in [5.41, 5.74) is 2.97. The second kappa shape index (κ2) is 7.94. The number of rotatable bonds is 5. The molecule has 1 heterocycles. The van der Waals surface area contributed by atoms with Crippen molar-refractivity contribution in [2.24, 2.45) is 0 Å². The fraction of sp³-hybridized carbons (Fsp3) is 0.0909. The van der Waals surface area contributed by atoms with Gasteiger partial charge in [0.05, 0.1) is 23.1 Å². The number of carbonyl (C=O) groups is 1. The van der Waals surface area contributed by atoms with Crippen LogP contribution in [0.1, 0.15) is 21.7 Å². The number of hydrogen-bond acceptors (Lipinski definition) is 2. The molecule has 0 spiro atoms. The number of amides is 1. The number of para-hydroxylation sites is 2. The molecule has 0 aliphatic heterocycles. The topological polar surface area (TPSA) is 46.9 Å². The highest BCUT2D eigenvalue weighted by Crippen LogP contribution is 2.20. The van der Waals surface area contributed by atoms with Gasteiger partial charge in [-0.15, -0.1) is 0 Å². The van der Waals surface area contributed by atoms with Gasteiger partial charge in [0.1, 0.15) is 11.6 Å². The van der Waals surface area contributed by atoms with E-state index in [0.717, 1.165) is 21.1 Å². The summed E-state index contributed by atoms with van der Waals surface area (Å²) >= 11 is 3.50. The van der Waals surface area contributed by atoms with Gasteiger partial charge in [-0.05, 0) is 42.0 Å². The lowest BCUT2D eigenvalue weighted by Gasteiger charge is -2.11. The molecule has 0 aliphatic rings. The van der Waals surface area contributed by atoms with Crippen molar-refractivity contribution in [2.75, 3.05) is 0 Å². The third-order valence-electron chi connectivity index (χ3n) is 4.49. The maximum Gasteiger partial charge on any atom is 0.254 e. The SMILES string of the molecule is O=C(NCc1nc2ccccc2n1Cc1cccc(Br)c1)c1ccccc1F. The first-order valence-electron chi connectivity index (χ1n) is 8.83. The number of aromatic nitrogens is 2. The zero-order valence-electron chi connectivity index (χ0n) is 14.9. The molecule has 4 nitrogen and oxygen atoms in total. The number of carbonyl (C=O) groups excluding carboxylic acids is 1.